The maximum Gasteiger partial charge on any atom is 0.338 e. The van der Waals surface area contributed by atoms with Crippen molar-refractivity contribution in [3.63, 3.8) is 0 Å². The van der Waals surface area contributed by atoms with Crippen LogP contribution in [-0.4, -0.2) is 41.1 Å². The van der Waals surface area contributed by atoms with Crippen molar-refractivity contribution in [2.24, 2.45) is 0 Å². The van der Waals surface area contributed by atoms with Crippen LogP contribution in [-0.2, 0) is 0 Å². The van der Waals surface area contributed by atoms with E-state index in [0.29, 0.717) is 17.8 Å². The van der Waals surface area contributed by atoms with Gasteiger partial charge in [0.2, 0.25) is 0 Å². The van der Waals surface area contributed by atoms with Crippen molar-refractivity contribution in [2.75, 3.05) is 18.4 Å². The molecule has 0 spiro atoms. The van der Waals surface area contributed by atoms with E-state index in [1.54, 1.807) is 6.07 Å². The topological polar surface area (TPSA) is 52.6 Å². The molecule has 5 heteroatoms. The van der Waals surface area contributed by atoms with Gasteiger partial charge in [-0.3, -0.25) is 4.90 Å². The summed E-state index contributed by atoms with van der Waals surface area (Å²) in [5, 5.41) is 12.3. The lowest BCUT2D eigenvalue weighted by molar-refractivity contribution is 0.0692. The highest BCUT2D eigenvalue weighted by atomic mass is 19.1. The van der Waals surface area contributed by atoms with Gasteiger partial charge < -0.3 is 10.4 Å². The molecule has 0 saturated carbocycles. The summed E-state index contributed by atoms with van der Waals surface area (Å²) < 4.78 is 13.3. The van der Waals surface area contributed by atoms with E-state index in [2.05, 4.69) is 10.2 Å². The van der Waals surface area contributed by atoms with Crippen molar-refractivity contribution in [3.8, 4) is 0 Å². The van der Waals surface area contributed by atoms with Crippen LogP contribution in [0.5, 0.6) is 0 Å². The SMILES string of the molecule is O=C(O)c1cc(NC2CCN3CCCC23)ccc1F. The van der Waals surface area contributed by atoms with Gasteiger partial charge in [0.05, 0.1) is 5.56 Å². The zero-order chi connectivity index (χ0) is 13.4. The van der Waals surface area contributed by atoms with Crippen LogP contribution in [0.3, 0.4) is 0 Å². The maximum atomic E-state index is 13.3. The largest absolute Gasteiger partial charge is 0.478 e. The molecule has 2 fully saturated rings. The molecule has 0 radical (unpaired) electrons. The predicted octanol–water partition coefficient (Wildman–Crippen LogP) is 2.17. The van der Waals surface area contributed by atoms with Crippen LogP contribution in [0.15, 0.2) is 18.2 Å². The molecule has 2 aliphatic rings. The van der Waals surface area contributed by atoms with Gasteiger partial charge in [-0.05, 0) is 44.0 Å². The van der Waals surface area contributed by atoms with Crippen LogP contribution in [0.1, 0.15) is 29.6 Å². The van der Waals surface area contributed by atoms with Crippen molar-refractivity contribution < 1.29 is 14.3 Å². The number of nitrogens with zero attached hydrogens (tertiary/aromatic N) is 1. The second-order valence-electron chi connectivity index (χ2n) is 5.28. The van der Waals surface area contributed by atoms with Crippen molar-refractivity contribution in [3.05, 3.63) is 29.6 Å². The number of carboxylic acids is 1. The summed E-state index contributed by atoms with van der Waals surface area (Å²) in [6, 6.07) is 5.09. The van der Waals surface area contributed by atoms with E-state index in [0.717, 1.165) is 19.5 Å². The summed E-state index contributed by atoms with van der Waals surface area (Å²) in [6.07, 6.45) is 3.47. The lowest BCUT2D eigenvalue weighted by atomic mass is 10.1. The number of benzene rings is 1. The highest BCUT2D eigenvalue weighted by Crippen LogP contribution is 2.30. The smallest absolute Gasteiger partial charge is 0.338 e. The van der Waals surface area contributed by atoms with Gasteiger partial charge in [-0.2, -0.15) is 0 Å². The van der Waals surface area contributed by atoms with Gasteiger partial charge in [0.15, 0.2) is 0 Å². The number of nitrogens with one attached hydrogen (secondary N) is 1. The Hall–Kier alpha value is -1.62. The predicted molar refractivity (Wildman–Crippen MR) is 70.0 cm³/mol. The third-order valence-corrected chi connectivity index (χ3v) is 4.15. The number of hydrogen-bond donors (Lipinski definition) is 2. The van der Waals surface area contributed by atoms with E-state index in [9.17, 15) is 9.18 Å². The molecule has 2 N–H and O–H groups in total. The average Bonchev–Trinajstić information content (AvgIpc) is 2.96. The first-order valence-corrected chi connectivity index (χ1v) is 6.68. The molecule has 2 unspecified atom stereocenters. The first-order chi connectivity index (χ1) is 9.15. The minimum atomic E-state index is -1.23. The van der Waals surface area contributed by atoms with Crippen molar-refractivity contribution in [2.45, 2.75) is 31.3 Å². The molecule has 2 saturated heterocycles. The summed E-state index contributed by atoms with van der Waals surface area (Å²) in [5.74, 6) is -1.91. The van der Waals surface area contributed by atoms with Gasteiger partial charge in [0, 0.05) is 24.3 Å². The van der Waals surface area contributed by atoms with Crippen LogP contribution < -0.4 is 5.32 Å². The summed E-state index contributed by atoms with van der Waals surface area (Å²) in [5.41, 5.74) is 0.420. The summed E-state index contributed by atoms with van der Waals surface area (Å²) in [4.78, 5) is 13.4. The molecule has 2 aliphatic heterocycles. The fourth-order valence-electron chi connectivity index (χ4n) is 3.24. The Balaban J connectivity index is 1.76. The first-order valence-electron chi connectivity index (χ1n) is 6.68. The normalized spacial score (nSPS) is 26.4. The molecule has 1 aromatic rings. The highest BCUT2D eigenvalue weighted by molar-refractivity contribution is 5.89. The van der Waals surface area contributed by atoms with Crippen molar-refractivity contribution >= 4 is 11.7 Å². The van der Waals surface area contributed by atoms with Crippen LogP contribution >= 0.6 is 0 Å². The molecule has 0 bridgehead atoms. The molecule has 2 heterocycles. The summed E-state index contributed by atoms with van der Waals surface area (Å²) in [6.45, 7) is 2.25. The Labute approximate surface area is 111 Å². The van der Waals surface area contributed by atoms with Crippen LogP contribution in [0.2, 0.25) is 0 Å². The number of rotatable bonds is 3. The number of halogens is 1. The van der Waals surface area contributed by atoms with Crippen LogP contribution in [0, 0.1) is 5.82 Å². The molecular formula is C14H17FN2O2. The second-order valence-corrected chi connectivity index (χ2v) is 5.28. The van der Waals surface area contributed by atoms with Gasteiger partial charge in [-0.25, -0.2) is 9.18 Å². The van der Waals surface area contributed by atoms with E-state index in [4.69, 9.17) is 5.11 Å². The van der Waals surface area contributed by atoms with Crippen molar-refractivity contribution in [1.82, 2.24) is 4.90 Å². The third kappa shape index (κ3) is 2.30. The molecule has 4 nitrogen and oxygen atoms in total. The summed E-state index contributed by atoms with van der Waals surface area (Å²) in [7, 11) is 0. The van der Waals surface area contributed by atoms with Crippen LogP contribution in [0.25, 0.3) is 0 Å². The fraction of sp³-hybridized carbons (Fsp3) is 0.500. The quantitative estimate of drug-likeness (QED) is 0.878. The first kappa shape index (κ1) is 12.4. The van der Waals surface area contributed by atoms with Gasteiger partial charge >= 0.3 is 5.97 Å². The monoisotopic (exact) mass is 264 g/mol. The number of fused-ring (bicyclic) bond motifs is 1. The average molecular weight is 264 g/mol. The summed E-state index contributed by atoms with van der Waals surface area (Å²) >= 11 is 0. The molecule has 0 aromatic heterocycles. The highest BCUT2D eigenvalue weighted by Gasteiger charge is 2.37. The number of carboxylic acid groups (broad SMARTS) is 1. The number of aromatic carboxylic acids is 1. The number of hydrogen-bond acceptors (Lipinski definition) is 3. The Morgan fingerprint density at radius 1 is 1.37 bits per heavy atom. The molecule has 2 atom stereocenters. The third-order valence-electron chi connectivity index (χ3n) is 4.15. The number of anilines is 1. The lowest BCUT2D eigenvalue weighted by Gasteiger charge is -2.22. The molecule has 0 amide bonds. The van der Waals surface area contributed by atoms with Gasteiger partial charge in [-0.1, -0.05) is 0 Å². The molecule has 102 valence electrons. The van der Waals surface area contributed by atoms with Crippen molar-refractivity contribution in [1.29, 1.82) is 0 Å². The van der Waals surface area contributed by atoms with E-state index in [1.165, 1.54) is 25.0 Å². The van der Waals surface area contributed by atoms with E-state index < -0.39 is 11.8 Å². The van der Waals surface area contributed by atoms with Crippen LogP contribution in [0.4, 0.5) is 10.1 Å². The maximum absolute atomic E-state index is 13.3. The minimum absolute atomic E-state index is 0.272. The standard InChI is InChI=1S/C14H17FN2O2/c15-11-4-3-9(8-10(11)14(18)19)16-12-5-7-17-6-1-2-13(12)17/h3-4,8,12-13,16H,1-2,5-7H2,(H,18,19). The van der Waals surface area contributed by atoms with Gasteiger partial charge in [0.25, 0.3) is 0 Å². The zero-order valence-corrected chi connectivity index (χ0v) is 10.6. The molecule has 19 heavy (non-hydrogen) atoms. The van der Waals surface area contributed by atoms with E-state index in [1.807, 2.05) is 0 Å². The fourth-order valence-corrected chi connectivity index (χ4v) is 3.24. The molecular weight excluding hydrogens is 247 g/mol. The molecule has 1 aromatic carbocycles. The van der Waals surface area contributed by atoms with E-state index >= 15 is 0 Å². The Bertz CT molecular complexity index is 506. The molecule has 0 aliphatic carbocycles. The van der Waals surface area contributed by atoms with Gasteiger partial charge in [-0.15, -0.1) is 0 Å². The minimum Gasteiger partial charge on any atom is -0.478 e. The lowest BCUT2D eigenvalue weighted by Crippen LogP contribution is -2.33. The van der Waals surface area contributed by atoms with Gasteiger partial charge in [0.1, 0.15) is 5.82 Å². The Morgan fingerprint density at radius 3 is 3.00 bits per heavy atom. The number of carbonyl (C=O) groups is 1. The zero-order valence-electron chi connectivity index (χ0n) is 10.6. The second kappa shape index (κ2) is 4.81. The molecule has 3 rings (SSSR count). The Kier molecular flexibility index (Phi) is 3.14. The Morgan fingerprint density at radius 2 is 2.21 bits per heavy atom. The van der Waals surface area contributed by atoms with E-state index in [-0.39, 0.29) is 5.56 Å².